The Morgan fingerprint density at radius 3 is 1.86 bits per heavy atom. The second-order valence-corrected chi connectivity index (χ2v) is 10.1. The fraction of sp³-hybridized carbons (Fsp3) is 0.538. The number of benzene rings is 1. The highest BCUT2D eigenvalue weighted by Gasteiger charge is 2.54. The zero-order valence-corrected chi connectivity index (χ0v) is 14.1. The molecule has 2 N–H and O–H groups in total. The van der Waals surface area contributed by atoms with Crippen LogP contribution in [0.25, 0.3) is 0 Å². The molecule has 0 amide bonds. The quantitative estimate of drug-likeness (QED) is 0.768. The molecule has 1 rings (SSSR count). The maximum absolute atomic E-state index is 12.4. The molecule has 0 saturated heterocycles. The van der Waals surface area contributed by atoms with Gasteiger partial charge in [0.2, 0.25) is 10.0 Å². The third kappa shape index (κ3) is 3.45. The molecule has 0 spiro atoms. The van der Waals surface area contributed by atoms with Gasteiger partial charge in [-0.1, -0.05) is 30.3 Å². The van der Waals surface area contributed by atoms with Crippen LogP contribution in [0.5, 0.6) is 0 Å². The third-order valence-electron chi connectivity index (χ3n) is 4.08. The number of hydrogen-bond donors (Lipinski definition) is 2. The van der Waals surface area contributed by atoms with Crippen molar-refractivity contribution < 1.29 is 21.4 Å². The van der Waals surface area contributed by atoms with E-state index in [9.17, 15) is 21.4 Å². The van der Waals surface area contributed by atoms with E-state index >= 15 is 0 Å². The molecule has 0 heterocycles. The van der Waals surface area contributed by atoms with Gasteiger partial charge in [-0.2, -0.15) is 8.42 Å². The highest BCUT2D eigenvalue weighted by molar-refractivity contribution is 7.93. The summed E-state index contributed by atoms with van der Waals surface area (Å²) >= 11 is 0. The molecule has 0 radical (unpaired) electrons. The van der Waals surface area contributed by atoms with Gasteiger partial charge in [-0.05, 0) is 33.3 Å². The van der Waals surface area contributed by atoms with Gasteiger partial charge in [0.25, 0.3) is 10.1 Å². The summed E-state index contributed by atoms with van der Waals surface area (Å²) in [6, 6.07) is 8.87. The van der Waals surface area contributed by atoms with Gasteiger partial charge in [0, 0.05) is 6.54 Å². The van der Waals surface area contributed by atoms with Crippen LogP contribution in [0.1, 0.15) is 33.3 Å². The summed E-state index contributed by atoms with van der Waals surface area (Å²) < 4.78 is 56.0. The summed E-state index contributed by atoms with van der Waals surface area (Å²) in [4.78, 5) is 0. The summed E-state index contributed by atoms with van der Waals surface area (Å²) in [7, 11) is -8.53. The first-order valence-corrected chi connectivity index (χ1v) is 9.25. The molecule has 0 saturated carbocycles. The lowest BCUT2D eigenvalue weighted by Gasteiger charge is -2.37. The lowest BCUT2D eigenvalue weighted by Crippen LogP contribution is -2.58. The number of sulfonamides is 1. The minimum atomic E-state index is -4.55. The van der Waals surface area contributed by atoms with Crippen molar-refractivity contribution in [2.24, 2.45) is 0 Å². The number of rotatable bonds is 6. The van der Waals surface area contributed by atoms with Crippen LogP contribution in [-0.4, -0.2) is 30.9 Å². The molecule has 6 nitrogen and oxygen atoms in total. The van der Waals surface area contributed by atoms with Crippen LogP contribution >= 0.6 is 0 Å². The Hall–Kier alpha value is -0.960. The molecule has 0 aliphatic heterocycles. The first-order valence-electron chi connectivity index (χ1n) is 6.33. The standard InChI is InChI=1S/C13H21NO5S2/c1-12(2,13(3,4)21(17,18)19)20(15,16)14-10-11-8-6-5-7-9-11/h5-9,14H,10H2,1-4H3,(H,17,18,19). The Balaban J connectivity index is 3.07. The monoisotopic (exact) mass is 335 g/mol. The largest absolute Gasteiger partial charge is 0.285 e. The molecule has 21 heavy (non-hydrogen) atoms. The van der Waals surface area contributed by atoms with E-state index in [0.29, 0.717) is 0 Å². The van der Waals surface area contributed by atoms with Crippen molar-refractivity contribution in [1.82, 2.24) is 4.72 Å². The topological polar surface area (TPSA) is 101 Å². The van der Waals surface area contributed by atoms with Gasteiger partial charge in [-0.25, -0.2) is 13.1 Å². The zero-order chi connectivity index (χ0) is 16.5. The van der Waals surface area contributed by atoms with Crippen LogP contribution in [0.15, 0.2) is 30.3 Å². The summed E-state index contributed by atoms with van der Waals surface area (Å²) in [5.41, 5.74) is 0.751. The second kappa shape index (κ2) is 5.68. The Labute approximate surface area is 126 Å². The van der Waals surface area contributed by atoms with Gasteiger partial charge in [-0.15, -0.1) is 0 Å². The van der Waals surface area contributed by atoms with E-state index in [-0.39, 0.29) is 6.54 Å². The predicted octanol–water partition coefficient (Wildman–Crippen LogP) is 1.55. The van der Waals surface area contributed by atoms with Crippen LogP contribution < -0.4 is 4.72 Å². The molecule has 1 aromatic carbocycles. The van der Waals surface area contributed by atoms with Crippen molar-refractivity contribution in [3.8, 4) is 0 Å². The minimum absolute atomic E-state index is 0.0498. The molecular formula is C13H21NO5S2. The summed E-state index contributed by atoms with van der Waals surface area (Å²) in [6.07, 6.45) is 0. The maximum atomic E-state index is 12.4. The normalized spacial score (nSPS) is 14.1. The minimum Gasteiger partial charge on any atom is -0.285 e. The Bertz CT molecular complexity index is 691. The average Bonchev–Trinajstić information content (AvgIpc) is 2.36. The molecule has 8 heteroatoms. The average molecular weight is 335 g/mol. The molecule has 1 aromatic rings. The lowest BCUT2D eigenvalue weighted by atomic mass is 9.98. The van der Waals surface area contributed by atoms with Crippen molar-refractivity contribution in [3.05, 3.63) is 35.9 Å². The first-order chi connectivity index (χ1) is 9.33. The fourth-order valence-corrected chi connectivity index (χ4v) is 4.22. The van der Waals surface area contributed by atoms with Crippen LogP contribution in [0, 0.1) is 0 Å². The Morgan fingerprint density at radius 1 is 0.952 bits per heavy atom. The van der Waals surface area contributed by atoms with Gasteiger partial charge in [-0.3, -0.25) is 4.55 Å². The molecule has 0 atom stereocenters. The van der Waals surface area contributed by atoms with E-state index in [1.54, 1.807) is 24.3 Å². The second-order valence-electron chi connectivity index (χ2n) is 5.81. The Kier molecular flexibility index (Phi) is 4.89. The molecule has 0 aliphatic carbocycles. The fourth-order valence-electron chi connectivity index (χ4n) is 1.59. The van der Waals surface area contributed by atoms with Gasteiger partial charge in [0.05, 0.1) is 0 Å². The SMILES string of the molecule is CC(C)(C(C)(C)S(=O)(=O)NCc1ccccc1)S(=O)(=O)O. The van der Waals surface area contributed by atoms with E-state index in [1.165, 1.54) is 27.7 Å². The van der Waals surface area contributed by atoms with E-state index in [4.69, 9.17) is 0 Å². The maximum Gasteiger partial charge on any atom is 0.271 e. The molecule has 0 aromatic heterocycles. The molecule has 120 valence electrons. The number of hydrogen-bond acceptors (Lipinski definition) is 4. The predicted molar refractivity (Wildman–Crippen MR) is 81.9 cm³/mol. The highest BCUT2D eigenvalue weighted by atomic mass is 32.2. The van der Waals surface area contributed by atoms with Gasteiger partial charge < -0.3 is 0 Å². The molecule has 0 fully saturated rings. The smallest absolute Gasteiger partial charge is 0.271 e. The Morgan fingerprint density at radius 2 is 1.43 bits per heavy atom. The van der Waals surface area contributed by atoms with Crippen LogP contribution in [0.2, 0.25) is 0 Å². The van der Waals surface area contributed by atoms with Gasteiger partial charge in [0.1, 0.15) is 9.49 Å². The van der Waals surface area contributed by atoms with E-state index in [2.05, 4.69) is 4.72 Å². The van der Waals surface area contributed by atoms with Crippen molar-refractivity contribution in [3.63, 3.8) is 0 Å². The summed E-state index contributed by atoms with van der Waals surface area (Å²) in [5, 5.41) is 0. The zero-order valence-electron chi connectivity index (χ0n) is 12.5. The van der Waals surface area contributed by atoms with Crippen molar-refractivity contribution in [2.75, 3.05) is 0 Å². The summed E-state index contributed by atoms with van der Waals surface area (Å²) in [5.74, 6) is 0. The van der Waals surface area contributed by atoms with Crippen molar-refractivity contribution in [2.45, 2.75) is 43.7 Å². The van der Waals surface area contributed by atoms with E-state index in [0.717, 1.165) is 5.56 Å². The van der Waals surface area contributed by atoms with Gasteiger partial charge >= 0.3 is 0 Å². The lowest BCUT2D eigenvalue weighted by molar-refractivity contribution is 0.394. The molecule has 0 bridgehead atoms. The highest BCUT2D eigenvalue weighted by Crippen LogP contribution is 2.35. The molecule has 0 aliphatic rings. The molecular weight excluding hydrogens is 314 g/mol. The summed E-state index contributed by atoms with van der Waals surface area (Å²) in [6.45, 7) is 4.96. The van der Waals surface area contributed by atoms with Crippen molar-refractivity contribution in [1.29, 1.82) is 0 Å². The van der Waals surface area contributed by atoms with Crippen LogP contribution in [-0.2, 0) is 26.7 Å². The first kappa shape index (κ1) is 18.1. The van der Waals surface area contributed by atoms with Gasteiger partial charge in [0.15, 0.2) is 0 Å². The van der Waals surface area contributed by atoms with Crippen LogP contribution in [0.4, 0.5) is 0 Å². The van der Waals surface area contributed by atoms with E-state index < -0.39 is 29.6 Å². The third-order valence-corrected chi connectivity index (χ3v) is 8.38. The van der Waals surface area contributed by atoms with E-state index in [1.807, 2.05) is 6.07 Å². The van der Waals surface area contributed by atoms with Crippen molar-refractivity contribution >= 4 is 20.1 Å². The molecule has 0 unspecified atom stereocenters. The number of nitrogens with one attached hydrogen (secondary N) is 1. The van der Waals surface area contributed by atoms with Crippen LogP contribution in [0.3, 0.4) is 0 Å².